The van der Waals surface area contributed by atoms with Gasteiger partial charge in [0.15, 0.2) is 5.13 Å². The zero-order valence-electron chi connectivity index (χ0n) is 29.4. The van der Waals surface area contributed by atoms with Crippen molar-refractivity contribution in [1.82, 2.24) is 15.2 Å². The van der Waals surface area contributed by atoms with E-state index in [2.05, 4.69) is 16.7 Å². The van der Waals surface area contributed by atoms with Crippen molar-refractivity contribution in [2.45, 2.75) is 65.5 Å². The van der Waals surface area contributed by atoms with Gasteiger partial charge in [0.2, 0.25) is 5.91 Å². The average molecular weight is 696 g/mol. The molecule has 2 aliphatic rings. The molecule has 6 rings (SSSR count). The smallest absolute Gasteiger partial charge is 0.410 e. The molecule has 0 spiro atoms. The second kappa shape index (κ2) is 15.0. The lowest BCUT2D eigenvalue weighted by atomic mass is 10.0. The van der Waals surface area contributed by atoms with Crippen molar-refractivity contribution in [3.63, 3.8) is 0 Å². The van der Waals surface area contributed by atoms with Crippen LogP contribution in [-0.4, -0.2) is 72.2 Å². The lowest BCUT2D eigenvalue weighted by molar-refractivity contribution is -0.115. The summed E-state index contributed by atoms with van der Waals surface area (Å²) in [6.07, 6.45) is 1.40. The van der Waals surface area contributed by atoms with Crippen molar-refractivity contribution in [2.75, 3.05) is 43.0 Å². The molecule has 262 valence electrons. The Morgan fingerprint density at radius 1 is 1.02 bits per heavy atom. The van der Waals surface area contributed by atoms with Crippen molar-refractivity contribution in [2.24, 2.45) is 0 Å². The summed E-state index contributed by atoms with van der Waals surface area (Å²) in [4.78, 5) is 48.3. The number of thiazole rings is 1. The zero-order chi connectivity index (χ0) is 35.4. The van der Waals surface area contributed by atoms with E-state index in [0.29, 0.717) is 43.7 Å². The first kappa shape index (κ1) is 35.1. The SMILES string of the molecule is Cc1ccccc1C(=O)N1CCc2cc(-c3nc(NC(=O)Cc4cccc(OCCC5CN(C(=O)OC(C)(C)C)CCN5)c4)sc3C)ccc21. The van der Waals surface area contributed by atoms with Crippen molar-refractivity contribution < 1.29 is 23.9 Å². The summed E-state index contributed by atoms with van der Waals surface area (Å²) in [7, 11) is 0. The lowest BCUT2D eigenvalue weighted by Gasteiger charge is -2.34. The molecular formula is C39H45N5O5S. The van der Waals surface area contributed by atoms with E-state index < -0.39 is 5.60 Å². The average Bonchev–Trinajstić information content (AvgIpc) is 3.66. The molecule has 1 fully saturated rings. The van der Waals surface area contributed by atoms with Gasteiger partial charge in [-0.3, -0.25) is 9.59 Å². The highest BCUT2D eigenvalue weighted by atomic mass is 32.1. The zero-order valence-corrected chi connectivity index (χ0v) is 30.2. The molecule has 1 atom stereocenters. The third-order valence-corrected chi connectivity index (χ3v) is 9.70. The van der Waals surface area contributed by atoms with E-state index in [-0.39, 0.29) is 30.4 Å². The Labute approximate surface area is 297 Å². The number of carbonyl (C=O) groups excluding carboxylic acids is 3. The maximum absolute atomic E-state index is 13.3. The van der Waals surface area contributed by atoms with Crippen LogP contribution >= 0.6 is 11.3 Å². The molecule has 50 heavy (non-hydrogen) atoms. The van der Waals surface area contributed by atoms with E-state index in [1.807, 2.05) is 100 Å². The molecule has 2 aliphatic heterocycles. The topological polar surface area (TPSA) is 113 Å². The van der Waals surface area contributed by atoms with Gasteiger partial charge >= 0.3 is 6.09 Å². The van der Waals surface area contributed by atoms with E-state index in [4.69, 9.17) is 14.5 Å². The monoisotopic (exact) mass is 695 g/mol. The van der Waals surface area contributed by atoms with Crippen LogP contribution in [0.15, 0.2) is 66.7 Å². The molecule has 0 bridgehead atoms. The number of nitrogens with one attached hydrogen (secondary N) is 2. The molecule has 1 aromatic heterocycles. The van der Waals surface area contributed by atoms with Crippen LogP contribution in [0.2, 0.25) is 0 Å². The number of fused-ring (bicyclic) bond motifs is 1. The molecule has 2 N–H and O–H groups in total. The number of rotatable bonds is 9. The fraction of sp³-hybridized carbons (Fsp3) is 0.385. The Bertz CT molecular complexity index is 1880. The summed E-state index contributed by atoms with van der Waals surface area (Å²) in [5.74, 6) is 0.556. The molecule has 4 aromatic rings. The van der Waals surface area contributed by atoms with E-state index in [1.165, 1.54) is 11.3 Å². The number of ether oxygens (including phenoxy) is 2. The van der Waals surface area contributed by atoms with Gasteiger partial charge in [-0.1, -0.05) is 36.4 Å². The van der Waals surface area contributed by atoms with Crippen LogP contribution in [0.4, 0.5) is 15.6 Å². The normalized spacial score (nSPS) is 15.8. The van der Waals surface area contributed by atoms with Gasteiger partial charge in [0.1, 0.15) is 11.4 Å². The summed E-state index contributed by atoms with van der Waals surface area (Å²) >= 11 is 1.45. The van der Waals surface area contributed by atoms with Crippen LogP contribution in [0.3, 0.4) is 0 Å². The molecule has 3 heterocycles. The number of anilines is 2. The Morgan fingerprint density at radius 3 is 2.64 bits per heavy atom. The van der Waals surface area contributed by atoms with E-state index in [9.17, 15) is 14.4 Å². The molecule has 1 saturated heterocycles. The number of nitrogens with zero attached hydrogens (tertiary/aromatic N) is 3. The molecular weight excluding hydrogens is 651 g/mol. The Morgan fingerprint density at radius 2 is 1.84 bits per heavy atom. The van der Waals surface area contributed by atoms with Gasteiger partial charge in [-0.25, -0.2) is 9.78 Å². The van der Waals surface area contributed by atoms with Gasteiger partial charge in [0.05, 0.1) is 18.7 Å². The fourth-order valence-corrected chi connectivity index (χ4v) is 7.21. The fourth-order valence-electron chi connectivity index (χ4n) is 6.36. The predicted molar refractivity (Wildman–Crippen MR) is 197 cm³/mol. The van der Waals surface area contributed by atoms with Crippen LogP contribution in [0, 0.1) is 13.8 Å². The summed E-state index contributed by atoms with van der Waals surface area (Å²) in [5, 5.41) is 6.98. The number of hydrogen-bond acceptors (Lipinski definition) is 8. The van der Waals surface area contributed by atoms with Crippen LogP contribution in [0.5, 0.6) is 5.75 Å². The quantitative estimate of drug-likeness (QED) is 0.198. The van der Waals surface area contributed by atoms with Gasteiger partial charge in [-0.15, -0.1) is 11.3 Å². The second-order valence-electron chi connectivity index (χ2n) is 13.9. The Hall–Kier alpha value is -4.74. The minimum absolute atomic E-state index is 0.0199. The third kappa shape index (κ3) is 8.51. The maximum Gasteiger partial charge on any atom is 0.410 e. The molecule has 0 radical (unpaired) electrons. The Balaban J connectivity index is 1.01. The minimum atomic E-state index is -0.524. The van der Waals surface area contributed by atoms with Crippen molar-refractivity contribution in [3.05, 3.63) is 93.9 Å². The van der Waals surface area contributed by atoms with Crippen LogP contribution in [0.1, 0.15) is 59.1 Å². The standard InChI is InChI=1S/C39H45N5O5S/c1-25-9-6-7-12-32(25)36(46)44-18-15-28-23-29(13-14-33(28)44)35-26(2)50-37(42-35)41-34(45)22-27-10-8-11-31(21-27)48-20-16-30-24-43(19-17-40-30)38(47)49-39(3,4)5/h6-14,21,23,30,40H,15-20,22,24H2,1-5H3,(H,41,42,45). The first-order valence-electron chi connectivity index (χ1n) is 17.1. The molecule has 0 aliphatic carbocycles. The number of piperazine rings is 1. The maximum atomic E-state index is 13.3. The molecule has 1 unspecified atom stereocenters. The van der Waals surface area contributed by atoms with Crippen molar-refractivity contribution >= 4 is 40.1 Å². The van der Waals surface area contributed by atoms with Crippen LogP contribution < -0.4 is 20.3 Å². The number of hydrogen-bond donors (Lipinski definition) is 2. The molecule has 0 saturated carbocycles. The van der Waals surface area contributed by atoms with Crippen LogP contribution in [0.25, 0.3) is 11.3 Å². The van der Waals surface area contributed by atoms with Crippen LogP contribution in [-0.2, 0) is 22.4 Å². The minimum Gasteiger partial charge on any atom is -0.494 e. The first-order chi connectivity index (χ1) is 23.9. The highest BCUT2D eigenvalue weighted by Gasteiger charge is 2.28. The van der Waals surface area contributed by atoms with Gasteiger partial charge in [-0.05, 0) is 94.5 Å². The summed E-state index contributed by atoms with van der Waals surface area (Å²) in [6, 6.07) is 21.5. The summed E-state index contributed by atoms with van der Waals surface area (Å²) in [5.41, 5.74) is 5.85. The second-order valence-corrected chi connectivity index (χ2v) is 15.1. The van der Waals surface area contributed by atoms with Gasteiger partial charge in [-0.2, -0.15) is 0 Å². The largest absolute Gasteiger partial charge is 0.494 e. The number of carbonyl (C=O) groups is 3. The van der Waals surface area contributed by atoms with E-state index in [0.717, 1.165) is 56.9 Å². The summed E-state index contributed by atoms with van der Waals surface area (Å²) in [6.45, 7) is 12.6. The molecule has 10 nitrogen and oxygen atoms in total. The number of amides is 3. The molecule has 3 amide bonds. The van der Waals surface area contributed by atoms with Gasteiger partial charge < -0.3 is 29.9 Å². The number of benzene rings is 3. The Kier molecular flexibility index (Phi) is 10.5. The lowest BCUT2D eigenvalue weighted by Crippen LogP contribution is -2.53. The predicted octanol–water partition coefficient (Wildman–Crippen LogP) is 6.79. The molecule has 3 aromatic carbocycles. The molecule has 11 heteroatoms. The summed E-state index contributed by atoms with van der Waals surface area (Å²) < 4.78 is 11.6. The number of aromatic nitrogens is 1. The van der Waals surface area contributed by atoms with Crippen molar-refractivity contribution in [3.8, 4) is 17.0 Å². The van der Waals surface area contributed by atoms with Crippen molar-refractivity contribution in [1.29, 1.82) is 0 Å². The third-order valence-electron chi connectivity index (χ3n) is 8.82. The number of aryl methyl sites for hydroxylation is 2. The van der Waals surface area contributed by atoms with Gasteiger partial charge in [0, 0.05) is 53.9 Å². The first-order valence-corrected chi connectivity index (χ1v) is 18.0. The van der Waals surface area contributed by atoms with E-state index in [1.54, 1.807) is 4.90 Å². The highest BCUT2D eigenvalue weighted by molar-refractivity contribution is 7.16. The highest BCUT2D eigenvalue weighted by Crippen LogP contribution is 2.36. The van der Waals surface area contributed by atoms with E-state index >= 15 is 0 Å². The van der Waals surface area contributed by atoms with Gasteiger partial charge in [0.25, 0.3) is 5.91 Å².